The lowest BCUT2D eigenvalue weighted by atomic mass is 10.2. The zero-order valence-corrected chi connectivity index (χ0v) is 16.6. The maximum absolute atomic E-state index is 11.5. The molecule has 0 unspecified atom stereocenters. The molecule has 0 heterocycles. The van der Waals surface area contributed by atoms with Crippen molar-refractivity contribution in [1.29, 1.82) is 0 Å². The van der Waals surface area contributed by atoms with Crippen LogP contribution in [-0.2, 0) is 28.5 Å². The van der Waals surface area contributed by atoms with Crippen molar-refractivity contribution in [3.8, 4) is 0 Å². The quantitative estimate of drug-likeness (QED) is 0.285. The van der Waals surface area contributed by atoms with Crippen molar-refractivity contribution in [2.24, 2.45) is 0 Å². The van der Waals surface area contributed by atoms with Crippen molar-refractivity contribution in [3.05, 3.63) is 0 Å². The van der Waals surface area contributed by atoms with Gasteiger partial charge in [-0.05, 0) is 19.3 Å². The Labute approximate surface area is 161 Å². The van der Waals surface area contributed by atoms with Crippen LogP contribution in [0.3, 0.4) is 0 Å². The number of hydrogen-bond acceptors (Lipinski definition) is 7. The Bertz CT molecular complexity index is 405. The first-order valence-electron chi connectivity index (χ1n) is 9.43. The zero-order valence-electron chi connectivity index (χ0n) is 16.6. The molecule has 0 aromatic carbocycles. The summed E-state index contributed by atoms with van der Waals surface area (Å²) in [5.41, 5.74) is 0. The summed E-state index contributed by atoms with van der Waals surface area (Å²) in [6.07, 6.45) is 3.89. The number of esters is 1. The van der Waals surface area contributed by atoms with Crippen molar-refractivity contribution in [2.45, 2.75) is 45.4 Å². The van der Waals surface area contributed by atoms with Crippen molar-refractivity contribution >= 4 is 18.0 Å². The molecule has 9 nitrogen and oxygen atoms in total. The van der Waals surface area contributed by atoms with E-state index < -0.39 is 6.09 Å². The summed E-state index contributed by atoms with van der Waals surface area (Å²) in [4.78, 5) is 33.6. The van der Waals surface area contributed by atoms with Crippen LogP contribution in [0.1, 0.15) is 45.4 Å². The molecule has 9 heteroatoms. The molecule has 0 aliphatic heterocycles. The van der Waals surface area contributed by atoms with Gasteiger partial charge in [-0.1, -0.05) is 12.8 Å². The van der Waals surface area contributed by atoms with E-state index in [1.807, 2.05) is 0 Å². The number of nitrogens with one attached hydrogen (secondary N) is 2. The minimum atomic E-state index is -0.479. The fourth-order valence-corrected chi connectivity index (χ4v) is 2.02. The summed E-state index contributed by atoms with van der Waals surface area (Å²) in [6.45, 7) is 4.41. The highest BCUT2D eigenvalue weighted by atomic mass is 16.6. The van der Waals surface area contributed by atoms with E-state index in [4.69, 9.17) is 18.9 Å². The highest BCUT2D eigenvalue weighted by Crippen LogP contribution is 1.98. The van der Waals surface area contributed by atoms with Gasteiger partial charge in [0.1, 0.15) is 6.61 Å². The van der Waals surface area contributed by atoms with Crippen LogP contribution in [0, 0.1) is 0 Å². The summed E-state index contributed by atoms with van der Waals surface area (Å²) < 4.78 is 20.0. The van der Waals surface area contributed by atoms with E-state index in [9.17, 15) is 14.4 Å². The van der Waals surface area contributed by atoms with Gasteiger partial charge in [-0.2, -0.15) is 0 Å². The number of hydrogen-bond donors (Lipinski definition) is 2. The summed E-state index contributed by atoms with van der Waals surface area (Å²) in [6, 6.07) is 0. The van der Waals surface area contributed by atoms with Crippen LogP contribution >= 0.6 is 0 Å². The van der Waals surface area contributed by atoms with Gasteiger partial charge < -0.3 is 29.6 Å². The molecule has 27 heavy (non-hydrogen) atoms. The van der Waals surface area contributed by atoms with E-state index in [1.54, 1.807) is 7.11 Å². The first-order valence-corrected chi connectivity index (χ1v) is 9.43. The van der Waals surface area contributed by atoms with Gasteiger partial charge in [-0.25, -0.2) is 4.79 Å². The monoisotopic (exact) mass is 390 g/mol. The molecule has 2 N–H and O–H groups in total. The molecule has 0 rings (SSSR count). The fourth-order valence-electron chi connectivity index (χ4n) is 2.02. The lowest BCUT2D eigenvalue weighted by molar-refractivity contribution is -0.145. The summed E-state index contributed by atoms with van der Waals surface area (Å²) in [5.74, 6) is -0.353. The highest BCUT2D eigenvalue weighted by Gasteiger charge is 2.05. The number of ether oxygens (including phenoxy) is 4. The third-order valence-electron chi connectivity index (χ3n) is 3.43. The van der Waals surface area contributed by atoms with Gasteiger partial charge in [-0.15, -0.1) is 0 Å². The third kappa shape index (κ3) is 20.3. The number of unbranched alkanes of at least 4 members (excludes halogenated alkanes) is 3. The third-order valence-corrected chi connectivity index (χ3v) is 3.43. The molecule has 0 aliphatic rings. The standard InChI is InChI=1S/C18H34N2O7/c1-16(21)19-9-5-3-4-6-10-20-18(23)27-11-7-8-17(22)26-15-14-25-13-12-24-2/h3-15H2,1-2H3,(H,19,21)(H,20,23). The van der Waals surface area contributed by atoms with Gasteiger partial charge in [-0.3, -0.25) is 9.59 Å². The molecule has 0 fully saturated rings. The zero-order chi connectivity index (χ0) is 20.2. The molecule has 158 valence electrons. The number of amides is 2. The second kappa shape index (κ2) is 18.9. The van der Waals surface area contributed by atoms with Crippen LogP contribution < -0.4 is 10.6 Å². The van der Waals surface area contributed by atoms with E-state index in [0.29, 0.717) is 39.3 Å². The Morgan fingerprint density at radius 3 is 2.07 bits per heavy atom. The van der Waals surface area contributed by atoms with E-state index in [0.717, 1.165) is 25.7 Å². The second-order valence-electron chi connectivity index (χ2n) is 5.89. The summed E-state index contributed by atoms with van der Waals surface area (Å²) in [5, 5.41) is 5.40. The normalized spacial score (nSPS) is 10.3. The first-order chi connectivity index (χ1) is 13.1. The molecule has 0 bridgehead atoms. The number of carbonyl (C=O) groups excluding carboxylic acids is 3. The lowest BCUT2D eigenvalue weighted by Gasteiger charge is -2.08. The van der Waals surface area contributed by atoms with Gasteiger partial charge in [0, 0.05) is 33.5 Å². The van der Waals surface area contributed by atoms with Gasteiger partial charge in [0.05, 0.1) is 26.4 Å². The average Bonchev–Trinajstić information content (AvgIpc) is 2.63. The van der Waals surface area contributed by atoms with E-state index in [1.165, 1.54) is 6.92 Å². The number of carbonyl (C=O) groups is 3. The molecule has 0 aliphatic carbocycles. The largest absolute Gasteiger partial charge is 0.463 e. The molecule has 0 saturated carbocycles. The molecular weight excluding hydrogens is 356 g/mol. The predicted octanol–water partition coefficient (Wildman–Crippen LogP) is 1.40. The Morgan fingerprint density at radius 1 is 0.741 bits per heavy atom. The summed E-state index contributed by atoms with van der Waals surface area (Å²) in [7, 11) is 1.59. The molecule has 2 amide bonds. The minimum absolute atomic E-state index is 0.0142. The number of alkyl carbamates (subject to hydrolysis) is 1. The van der Waals surface area contributed by atoms with Gasteiger partial charge in [0.15, 0.2) is 0 Å². The van der Waals surface area contributed by atoms with Crippen molar-refractivity contribution in [3.63, 3.8) is 0 Å². The van der Waals surface area contributed by atoms with Gasteiger partial charge in [0.25, 0.3) is 0 Å². The Kier molecular flexibility index (Phi) is 17.6. The lowest BCUT2D eigenvalue weighted by Crippen LogP contribution is -2.26. The van der Waals surface area contributed by atoms with Crippen molar-refractivity contribution in [2.75, 3.05) is 53.2 Å². The maximum Gasteiger partial charge on any atom is 0.407 e. The maximum atomic E-state index is 11.5. The van der Waals surface area contributed by atoms with Gasteiger partial charge in [0.2, 0.25) is 5.91 Å². The van der Waals surface area contributed by atoms with Crippen molar-refractivity contribution < 1.29 is 33.3 Å². The number of rotatable bonds is 17. The molecule has 0 radical (unpaired) electrons. The van der Waals surface area contributed by atoms with Crippen LogP contribution in [0.4, 0.5) is 4.79 Å². The summed E-state index contributed by atoms with van der Waals surface area (Å²) >= 11 is 0. The Morgan fingerprint density at radius 2 is 1.41 bits per heavy atom. The average molecular weight is 390 g/mol. The van der Waals surface area contributed by atoms with Gasteiger partial charge >= 0.3 is 12.1 Å². The van der Waals surface area contributed by atoms with Crippen LogP contribution in [0.25, 0.3) is 0 Å². The molecule has 0 saturated heterocycles. The Balaban J connectivity index is 3.33. The molecule has 0 atom stereocenters. The molecular formula is C18H34N2O7. The minimum Gasteiger partial charge on any atom is -0.463 e. The first kappa shape index (κ1) is 25.1. The van der Waals surface area contributed by atoms with Crippen LogP contribution in [0.5, 0.6) is 0 Å². The number of methoxy groups -OCH3 is 1. The predicted molar refractivity (Wildman–Crippen MR) is 99.4 cm³/mol. The molecule has 0 aromatic rings. The van der Waals surface area contributed by atoms with Crippen LogP contribution in [0.15, 0.2) is 0 Å². The van der Waals surface area contributed by atoms with E-state index in [2.05, 4.69) is 10.6 Å². The smallest absolute Gasteiger partial charge is 0.407 e. The van der Waals surface area contributed by atoms with Crippen molar-refractivity contribution in [1.82, 2.24) is 10.6 Å². The highest BCUT2D eigenvalue weighted by molar-refractivity contribution is 5.72. The topological polar surface area (TPSA) is 112 Å². The molecule has 0 spiro atoms. The van der Waals surface area contributed by atoms with E-state index in [-0.39, 0.29) is 31.5 Å². The van der Waals surface area contributed by atoms with Crippen LogP contribution in [-0.4, -0.2) is 71.2 Å². The van der Waals surface area contributed by atoms with E-state index >= 15 is 0 Å². The fraction of sp³-hybridized carbons (Fsp3) is 0.833. The second-order valence-corrected chi connectivity index (χ2v) is 5.89. The van der Waals surface area contributed by atoms with Crippen LogP contribution in [0.2, 0.25) is 0 Å². The Hall–Kier alpha value is -1.87. The SMILES string of the molecule is COCCOCCOC(=O)CCCOC(=O)NCCCCCCNC(C)=O. The molecule has 0 aromatic heterocycles.